The first-order valence-electron chi connectivity index (χ1n) is 13.2. The Bertz CT molecular complexity index is 1260. The molecule has 38 heavy (non-hydrogen) atoms. The minimum Gasteiger partial charge on any atom is -0.480 e. The van der Waals surface area contributed by atoms with Gasteiger partial charge < -0.3 is 10.4 Å². The van der Waals surface area contributed by atoms with Crippen LogP contribution in [0.5, 0.6) is 0 Å². The molecule has 4 rings (SSSR count). The molecule has 2 atom stereocenters. The first kappa shape index (κ1) is 27.0. The van der Waals surface area contributed by atoms with Crippen LogP contribution in [0.15, 0.2) is 103 Å². The predicted octanol–water partition coefficient (Wildman–Crippen LogP) is 5.94. The number of aliphatic imine (C=N–C) groups is 1. The molecule has 196 valence electrons. The van der Waals surface area contributed by atoms with E-state index < -0.39 is 12.0 Å². The molecule has 1 aliphatic rings. The largest absolute Gasteiger partial charge is 0.480 e. The Morgan fingerprint density at radius 2 is 1.71 bits per heavy atom. The van der Waals surface area contributed by atoms with Crippen LogP contribution in [0.2, 0.25) is 0 Å². The number of hydrogen-bond donors (Lipinski definition) is 2. The first-order valence-corrected chi connectivity index (χ1v) is 13.2. The molecule has 0 bridgehead atoms. The number of anilines is 1. The van der Waals surface area contributed by atoms with Gasteiger partial charge in [0.05, 0.1) is 17.4 Å². The van der Waals surface area contributed by atoms with Crippen molar-refractivity contribution in [3.05, 3.63) is 114 Å². The number of unbranched alkanes of at least 4 members (excludes halogenated alkanes) is 1. The molecular weight excluding hydrogens is 474 g/mol. The number of carboxylic acids is 1. The van der Waals surface area contributed by atoms with Gasteiger partial charge >= 0.3 is 5.97 Å². The number of carbonyl (C=O) groups is 2. The van der Waals surface area contributed by atoms with Crippen LogP contribution in [-0.2, 0) is 16.1 Å². The highest BCUT2D eigenvalue weighted by Crippen LogP contribution is 2.25. The molecule has 0 unspecified atom stereocenters. The number of nitrogens with one attached hydrogen (secondary N) is 1. The minimum absolute atomic E-state index is 0.0564. The third-order valence-corrected chi connectivity index (χ3v) is 6.84. The summed E-state index contributed by atoms with van der Waals surface area (Å²) in [5, 5.41) is 13.1. The Morgan fingerprint density at radius 3 is 2.42 bits per heavy atom. The summed E-state index contributed by atoms with van der Waals surface area (Å²) >= 11 is 0. The van der Waals surface area contributed by atoms with Gasteiger partial charge in [0.25, 0.3) is 0 Å². The van der Waals surface area contributed by atoms with Crippen molar-refractivity contribution in [2.24, 2.45) is 4.99 Å². The molecule has 3 aromatic rings. The zero-order valence-corrected chi connectivity index (χ0v) is 21.6. The van der Waals surface area contributed by atoms with E-state index in [1.807, 2.05) is 72.8 Å². The van der Waals surface area contributed by atoms with Crippen LogP contribution >= 0.6 is 0 Å². The lowest BCUT2D eigenvalue weighted by Gasteiger charge is -2.24. The standard InChI is InChI=1S/C32H35N3O3/c1-2-3-6-20-28(32(37)38)33-30(25-16-9-5-10-17-25)26-18-11-12-19-27(26)34-31(36)29-21-13-22-35(29)23-24-14-7-4-8-15-24/h2,4-5,7-12,14-19,28-29H,1,3,6,13,20-23H2,(H,34,36)(H,37,38)/t28-,29+/m0/s1. The highest BCUT2D eigenvalue weighted by molar-refractivity contribution is 6.17. The van der Waals surface area contributed by atoms with Crippen LogP contribution < -0.4 is 5.32 Å². The molecule has 1 saturated heterocycles. The highest BCUT2D eigenvalue weighted by Gasteiger charge is 2.31. The van der Waals surface area contributed by atoms with Crippen LogP contribution in [0.4, 0.5) is 5.69 Å². The maximum atomic E-state index is 13.5. The topological polar surface area (TPSA) is 82.0 Å². The fourth-order valence-electron chi connectivity index (χ4n) is 4.90. The second-order valence-corrected chi connectivity index (χ2v) is 9.57. The summed E-state index contributed by atoms with van der Waals surface area (Å²) in [6, 6.07) is 26.1. The van der Waals surface area contributed by atoms with E-state index in [0.29, 0.717) is 29.8 Å². The summed E-state index contributed by atoms with van der Waals surface area (Å²) in [6.07, 6.45) is 5.37. The molecule has 1 amide bonds. The molecule has 6 heteroatoms. The van der Waals surface area contributed by atoms with Crippen molar-refractivity contribution in [2.45, 2.75) is 50.7 Å². The van der Waals surface area contributed by atoms with E-state index in [0.717, 1.165) is 37.9 Å². The van der Waals surface area contributed by atoms with E-state index in [4.69, 9.17) is 4.99 Å². The molecule has 0 aliphatic carbocycles. The quantitative estimate of drug-likeness (QED) is 0.180. The number of para-hydroxylation sites is 1. The van der Waals surface area contributed by atoms with Gasteiger partial charge in [-0.2, -0.15) is 0 Å². The molecule has 6 nitrogen and oxygen atoms in total. The molecule has 0 radical (unpaired) electrons. The number of carbonyl (C=O) groups excluding carboxylic acids is 1. The van der Waals surface area contributed by atoms with E-state index in [2.05, 4.69) is 28.9 Å². The number of aliphatic carboxylic acids is 1. The Kier molecular flexibility index (Phi) is 9.59. The van der Waals surface area contributed by atoms with Gasteiger partial charge in [0.1, 0.15) is 6.04 Å². The van der Waals surface area contributed by atoms with Crippen molar-refractivity contribution in [1.82, 2.24) is 4.90 Å². The predicted molar refractivity (Wildman–Crippen MR) is 152 cm³/mol. The van der Waals surface area contributed by atoms with Gasteiger partial charge in [-0.3, -0.25) is 14.7 Å². The highest BCUT2D eigenvalue weighted by atomic mass is 16.4. The maximum absolute atomic E-state index is 13.5. The van der Waals surface area contributed by atoms with Crippen molar-refractivity contribution in [2.75, 3.05) is 11.9 Å². The molecule has 3 aromatic carbocycles. The molecule has 0 aromatic heterocycles. The summed E-state index contributed by atoms with van der Waals surface area (Å²) in [5.41, 5.74) is 3.87. The Labute approximate surface area is 224 Å². The van der Waals surface area contributed by atoms with E-state index in [1.54, 1.807) is 6.08 Å². The van der Waals surface area contributed by atoms with Crippen molar-refractivity contribution >= 4 is 23.3 Å². The summed E-state index contributed by atoms with van der Waals surface area (Å²) in [6.45, 7) is 5.33. The molecule has 2 N–H and O–H groups in total. The SMILES string of the molecule is C=CCCC[C@H](N=C(c1ccccc1)c1ccccc1NC(=O)[C@H]1CCCN1Cc1ccccc1)C(=O)O. The van der Waals surface area contributed by atoms with Crippen LogP contribution in [0, 0.1) is 0 Å². The fraction of sp³-hybridized carbons (Fsp3) is 0.281. The van der Waals surface area contributed by atoms with Crippen LogP contribution in [-0.4, -0.2) is 46.2 Å². The molecule has 1 aliphatic heterocycles. The average Bonchev–Trinajstić information content (AvgIpc) is 3.40. The van der Waals surface area contributed by atoms with Crippen molar-refractivity contribution in [3.8, 4) is 0 Å². The number of carboxylic acid groups (broad SMARTS) is 1. The van der Waals surface area contributed by atoms with Gasteiger partial charge in [-0.15, -0.1) is 6.58 Å². The van der Waals surface area contributed by atoms with Gasteiger partial charge in [0.2, 0.25) is 5.91 Å². The third-order valence-electron chi connectivity index (χ3n) is 6.84. The number of hydrogen-bond acceptors (Lipinski definition) is 4. The fourth-order valence-corrected chi connectivity index (χ4v) is 4.90. The number of likely N-dealkylation sites (tertiary alicyclic amines) is 1. The summed E-state index contributed by atoms with van der Waals surface area (Å²) in [5.74, 6) is -1.02. The number of rotatable bonds is 12. The zero-order valence-electron chi connectivity index (χ0n) is 21.6. The van der Waals surface area contributed by atoms with Crippen LogP contribution in [0.3, 0.4) is 0 Å². The third kappa shape index (κ3) is 7.05. The summed E-state index contributed by atoms with van der Waals surface area (Å²) < 4.78 is 0. The molecule has 1 heterocycles. The minimum atomic E-state index is -0.966. The van der Waals surface area contributed by atoms with E-state index in [-0.39, 0.29) is 11.9 Å². The van der Waals surface area contributed by atoms with E-state index >= 15 is 0 Å². The normalized spacial score (nSPS) is 16.6. The molecule has 0 saturated carbocycles. The van der Waals surface area contributed by atoms with Crippen LogP contribution in [0.1, 0.15) is 48.8 Å². The molecule has 0 spiro atoms. The maximum Gasteiger partial charge on any atom is 0.328 e. The van der Waals surface area contributed by atoms with Gasteiger partial charge in [0, 0.05) is 17.7 Å². The van der Waals surface area contributed by atoms with E-state index in [9.17, 15) is 14.7 Å². The number of amides is 1. The Hall–Kier alpha value is -4.03. The number of benzene rings is 3. The summed E-state index contributed by atoms with van der Waals surface area (Å²) in [4.78, 5) is 32.6. The van der Waals surface area contributed by atoms with Crippen molar-refractivity contribution in [3.63, 3.8) is 0 Å². The lowest BCUT2D eigenvalue weighted by atomic mass is 9.99. The zero-order chi connectivity index (χ0) is 26.7. The van der Waals surface area contributed by atoms with Gasteiger partial charge in [0.15, 0.2) is 0 Å². The Morgan fingerprint density at radius 1 is 1.03 bits per heavy atom. The average molecular weight is 510 g/mol. The number of nitrogens with zero attached hydrogens (tertiary/aromatic N) is 2. The van der Waals surface area contributed by atoms with Gasteiger partial charge in [-0.1, -0.05) is 84.9 Å². The second kappa shape index (κ2) is 13.5. The van der Waals surface area contributed by atoms with Crippen molar-refractivity contribution < 1.29 is 14.7 Å². The second-order valence-electron chi connectivity index (χ2n) is 9.57. The number of allylic oxidation sites excluding steroid dienone is 1. The smallest absolute Gasteiger partial charge is 0.328 e. The van der Waals surface area contributed by atoms with E-state index in [1.165, 1.54) is 5.56 Å². The van der Waals surface area contributed by atoms with Gasteiger partial charge in [-0.25, -0.2) is 4.79 Å². The molecular formula is C32H35N3O3. The molecule has 1 fully saturated rings. The lowest BCUT2D eigenvalue weighted by molar-refractivity contribution is -0.138. The lowest BCUT2D eigenvalue weighted by Crippen LogP contribution is -2.39. The summed E-state index contributed by atoms with van der Waals surface area (Å²) in [7, 11) is 0. The van der Waals surface area contributed by atoms with Crippen molar-refractivity contribution in [1.29, 1.82) is 0 Å². The van der Waals surface area contributed by atoms with Crippen LogP contribution in [0.25, 0.3) is 0 Å². The first-order chi connectivity index (χ1) is 18.6. The van der Waals surface area contributed by atoms with Gasteiger partial charge in [-0.05, 0) is 50.3 Å². The monoisotopic (exact) mass is 509 g/mol. The Balaban J connectivity index is 1.62.